The van der Waals surface area contributed by atoms with E-state index in [1.165, 1.54) is 6.21 Å². The minimum Gasteiger partial charge on any atom is -0.481 e. The highest BCUT2D eigenvalue weighted by molar-refractivity contribution is 7.80. The fraction of sp³-hybridized carbons (Fsp3) is 0.400. The maximum Gasteiger partial charge on any atom is 0.303 e. The Bertz CT molecular complexity index is 393. The molecule has 0 aromatic heterocycles. The number of nitrogens with one attached hydrogen (secondary N) is 4. The summed E-state index contributed by atoms with van der Waals surface area (Å²) in [5.74, 6) is -0.424. The first-order valence-corrected chi connectivity index (χ1v) is 5.82. The molecule has 19 heavy (non-hydrogen) atoms. The molecule has 0 radical (unpaired) electrons. The number of carboxylic acid groups (broad SMARTS) is 1. The standard InChI is InChI=1S/C10H18N6O2S/c1-7(11-2)14-15-8(4-5-9(17)18)6-13-16-10(19)12-3/h6,11,14H,1,4-5H2,2-3H3,(H,17,18)(H2,12,16,19)/b13-6+,15-8-. The van der Waals surface area contributed by atoms with E-state index in [2.05, 4.69) is 38.3 Å². The molecule has 0 spiro atoms. The minimum absolute atomic E-state index is 0.0466. The van der Waals surface area contributed by atoms with Gasteiger partial charge in [-0.2, -0.15) is 10.2 Å². The molecule has 0 unspecified atom stereocenters. The summed E-state index contributed by atoms with van der Waals surface area (Å²) < 4.78 is 0. The van der Waals surface area contributed by atoms with Crippen LogP contribution in [0.2, 0.25) is 0 Å². The van der Waals surface area contributed by atoms with Crippen LogP contribution in [0.3, 0.4) is 0 Å². The summed E-state index contributed by atoms with van der Waals surface area (Å²) >= 11 is 4.83. The Kier molecular flexibility index (Phi) is 8.71. The SMILES string of the molecule is C=C(NC)N/N=C(\C=N\NC(=S)NC)CCC(=O)O. The Morgan fingerprint density at radius 2 is 2.00 bits per heavy atom. The molecule has 0 amide bonds. The van der Waals surface area contributed by atoms with Gasteiger partial charge in [-0.1, -0.05) is 6.58 Å². The van der Waals surface area contributed by atoms with Crippen molar-refractivity contribution in [3.05, 3.63) is 12.4 Å². The van der Waals surface area contributed by atoms with Gasteiger partial charge in [0.1, 0.15) is 5.82 Å². The second-order valence-corrected chi connectivity index (χ2v) is 3.69. The summed E-state index contributed by atoms with van der Waals surface area (Å²) in [6.45, 7) is 3.63. The van der Waals surface area contributed by atoms with Crippen LogP contribution in [0, 0.1) is 0 Å². The van der Waals surface area contributed by atoms with Crippen LogP contribution in [-0.2, 0) is 4.79 Å². The molecule has 8 nitrogen and oxygen atoms in total. The van der Waals surface area contributed by atoms with Gasteiger partial charge in [0.25, 0.3) is 0 Å². The predicted molar refractivity (Wildman–Crippen MR) is 78.9 cm³/mol. The number of carbonyl (C=O) groups is 1. The van der Waals surface area contributed by atoms with Crippen LogP contribution in [0.1, 0.15) is 12.8 Å². The average Bonchev–Trinajstić information content (AvgIpc) is 2.40. The third-order valence-electron chi connectivity index (χ3n) is 1.84. The topological polar surface area (TPSA) is 110 Å². The largest absolute Gasteiger partial charge is 0.481 e. The second-order valence-electron chi connectivity index (χ2n) is 3.29. The van der Waals surface area contributed by atoms with Crippen molar-refractivity contribution < 1.29 is 9.90 Å². The number of hydrazone groups is 2. The van der Waals surface area contributed by atoms with Gasteiger partial charge in [-0.15, -0.1) is 0 Å². The number of aliphatic carboxylic acids is 1. The second kappa shape index (κ2) is 9.83. The molecular formula is C10H18N6O2S. The lowest BCUT2D eigenvalue weighted by Crippen LogP contribution is -2.29. The number of rotatable bonds is 8. The smallest absolute Gasteiger partial charge is 0.303 e. The van der Waals surface area contributed by atoms with Gasteiger partial charge in [0.05, 0.1) is 18.3 Å². The first-order valence-electron chi connectivity index (χ1n) is 5.41. The zero-order chi connectivity index (χ0) is 14.7. The van der Waals surface area contributed by atoms with Gasteiger partial charge in [0.2, 0.25) is 0 Å². The average molecular weight is 286 g/mol. The van der Waals surface area contributed by atoms with Crippen LogP contribution in [-0.4, -0.2) is 42.2 Å². The summed E-state index contributed by atoms with van der Waals surface area (Å²) in [7, 11) is 3.34. The zero-order valence-corrected chi connectivity index (χ0v) is 11.7. The van der Waals surface area contributed by atoms with Gasteiger partial charge in [0, 0.05) is 20.5 Å². The van der Waals surface area contributed by atoms with Gasteiger partial charge >= 0.3 is 5.97 Å². The van der Waals surface area contributed by atoms with E-state index in [0.717, 1.165) is 0 Å². The van der Waals surface area contributed by atoms with Crippen molar-refractivity contribution in [1.29, 1.82) is 0 Å². The van der Waals surface area contributed by atoms with Crippen molar-refractivity contribution in [2.75, 3.05) is 14.1 Å². The van der Waals surface area contributed by atoms with E-state index < -0.39 is 5.97 Å². The molecule has 0 aromatic carbocycles. The van der Waals surface area contributed by atoms with Gasteiger partial charge in [-0.05, 0) is 12.2 Å². The Hall–Kier alpha value is -2.16. The molecule has 106 valence electrons. The van der Waals surface area contributed by atoms with Crippen LogP contribution in [0.5, 0.6) is 0 Å². The Balaban J connectivity index is 4.52. The zero-order valence-electron chi connectivity index (χ0n) is 10.9. The molecule has 0 aromatic rings. The van der Waals surface area contributed by atoms with Crippen molar-refractivity contribution in [1.82, 2.24) is 21.5 Å². The van der Waals surface area contributed by atoms with Gasteiger partial charge in [-0.25, -0.2) is 0 Å². The number of nitrogens with zero attached hydrogens (tertiary/aromatic N) is 2. The summed E-state index contributed by atoms with van der Waals surface area (Å²) in [5, 5.41) is 22.2. The van der Waals surface area contributed by atoms with E-state index in [4.69, 9.17) is 17.3 Å². The molecule has 9 heteroatoms. The van der Waals surface area contributed by atoms with Crippen LogP contribution in [0.25, 0.3) is 0 Å². The van der Waals surface area contributed by atoms with Gasteiger partial charge < -0.3 is 15.7 Å². The van der Waals surface area contributed by atoms with Crippen LogP contribution in [0.15, 0.2) is 22.6 Å². The minimum atomic E-state index is -0.910. The highest BCUT2D eigenvalue weighted by Gasteiger charge is 2.02. The first kappa shape index (κ1) is 16.8. The molecule has 0 aliphatic heterocycles. The van der Waals surface area contributed by atoms with E-state index in [9.17, 15) is 4.79 Å². The number of carboxylic acids is 1. The molecule has 0 heterocycles. The van der Waals surface area contributed by atoms with Crippen LogP contribution in [0.4, 0.5) is 0 Å². The maximum absolute atomic E-state index is 10.5. The van der Waals surface area contributed by atoms with Crippen molar-refractivity contribution >= 4 is 35.2 Å². The third-order valence-corrected chi connectivity index (χ3v) is 2.13. The molecule has 0 fully saturated rings. The molecular weight excluding hydrogens is 268 g/mol. The lowest BCUT2D eigenvalue weighted by molar-refractivity contribution is -0.136. The fourth-order valence-electron chi connectivity index (χ4n) is 0.801. The summed E-state index contributed by atoms with van der Waals surface area (Å²) in [4.78, 5) is 10.5. The van der Waals surface area contributed by atoms with E-state index in [1.807, 2.05) is 0 Å². The van der Waals surface area contributed by atoms with Gasteiger partial charge in [0.15, 0.2) is 5.11 Å². The number of hydrogen-bond donors (Lipinski definition) is 5. The van der Waals surface area contributed by atoms with E-state index >= 15 is 0 Å². The molecule has 0 saturated carbocycles. The molecule has 0 aliphatic carbocycles. The van der Waals surface area contributed by atoms with E-state index in [1.54, 1.807) is 14.1 Å². The lowest BCUT2D eigenvalue weighted by atomic mass is 10.2. The quantitative estimate of drug-likeness (QED) is 0.234. The monoisotopic (exact) mass is 286 g/mol. The van der Waals surface area contributed by atoms with Crippen molar-refractivity contribution in [3.63, 3.8) is 0 Å². The van der Waals surface area contributed by atoms with Crippen molar-refractivity contribution in [2.45, 2.75) is 12.8 Å². The third kappa shape index (κ3) is 9.53. The van der Waals surface area contributed by atoms with E-state index in [-0.39, 0.29) is 12.8 Å². The molecule has 5 N–H and O–H groups in total. The molecule has 0 bridgehead atoms. The maximum atomic E-state index is 10.5. The van der Waals surface area contributed by atoms with E-state index in [0.29, 0.717) is 16.6 Å². The first-order chi connectivity index (χ1) is 8.99. The van der Waals surface area contributed by atoms with Crippen LogP contribution >= 0.6 is 12.2 Å². The summed E-state index contributed by atoms with van der Waals surface area (Å²) in [5.41, 5.74) is 5.63. The van der Waals surface area contributed by atoms with Crippen molar-refractivity contribution in [2.24, 2.45) is 10.2 Å². The fourth-order valence-corrected chi connectivity index (χ4v) is 0.854. The Morgan fingerprint density at radius 1 is 1.32 bits per heavy atom. The Morgan fingerprint density at radius 3 is 2.53 bits per heavy atom. The van der Waals surface area contributed by atoms with Crippen LogP contribution < -0.4 is 21.5 Å². The Labute approximate surface area is 117 Å². The molecule has 0 rings (SSSR count). The molecule has 0 atom stereocenters. The molecule has 0 saturated heterocycles. The normalized spacial score (nSPS) is 10.9. The van der Waals surface area contributed by atoms with Crippen molar-refractivity contribution in [3.8, 4) is 0 Å². The summed E-state index contributed by atoms with van der Waals surface area (Å²) in [6.07, 6.45) is 1.58. The summed E-state index contributed by atoms with van der Waals surface area (Å²) in [6, 6.07) is 0. The highest BCUT2D eigenvalue weighted by Crippen LogP contribution is 1.92. The van der Waals surface area contributed by atoms with Gasteiger partial charge in [-0.3, -0.25) is 15.6 Å². The lowest BCUT2D eigenvalue weighted by Gasteiger charge is -2.05. The number of hydrogen-bond acceptors (Lipinski definition) is 6. The highest BCUT2D eigenvalue weighted by atomic mass is 32.1. The predicted octanol–water partition coefficient (Wildman–Crippen LogP) is -0.433. The molecule has 0 aliphatic rings. The number of thiocarbonyl (C=S) groups is 1.